The minimum absolute atomic E-state index is 0.106. The smallest absolute Gasteiger partial charge is 0.282 e. The van der Waals surface area contributed by atoms with Crippen LogP contribution in [0.1, 0.15) is 26.3 Å². The molecular formula is C16H12N2O4. The van der Waals surface area contributed by atoms with Crippen molar-refractivity contribution >= 4 is 18.0 Å². The van der Waals surface area contributed by atoms with E-state index >= 15 is 0 Å². The number of phenols is 1. The van der Waals surface area contributed by atoms with Gasteiger partial charge in [0.25, 0.3) is 11.8 Å². The van der Waals surface area contributed by atoms with Gasteiger partial charge in [-0.2, -0.15) is 10.1 Å². The van der Waals surface area contributed by atoms with Crippen molar-refractivity contribution in [3.63, 3.8) is 0 Å². The molecule has 0 saturated heterocycles. The average molecular weight is 296 g/mol. The number of amides is 2. The van der Waals surface area contributed by atoms with Gasteiger partial charge in [-0.1, -0.05) is 18.2 Å². The second-order valence-electron chi connectivity index (χ2n) is 4.61. The summed E-state index contributed by atoms with van der Waals surface area (Å²) < 4.78 is 4.99. The Labute approximate surface area is 126 Å². The highest BCUT2D eigenvalue weighted by Crippen LogP contribution is 2.28. The number of aromatic hydroxyl groups is 1. The second kappa shape index (κ2) is 5.33. The van der Waals surface area contributed by atoms with Crippen molar-refractivity contribution in [3.8, 4) is 11.5 Å². The third kappa shape index (κ3) is 2.10. The largest absolute Gasteiger partial charge is 0.504 e. The lowest BCUT2D eigenvalue weighted by Gasteiger charge is -2.07. The van der Waals surface area contributed by atoms with E-state index in [4.69, 9.17) is 4.74 Å². The summed E-state index contributed by atoms with van der Waals surface area (Å²) in [6, 6.07) is 11.4. The predicted molar refractivity (Wildman–Crippen MR) is 79.2 cm³/mol. The summed E-state index contributed by atoms with van der Waals surface area (Å²) in [5.41, 5.74) is 0.981. The zero-order valence-corrected chi connectivity index (χ0v) is 11.7. The average Bonchev–Trinajstić information content (AvgIpc) is 2.79. The molecule has 2 amide bonds. The van der Waals surface area contributed by atoms with Gasteiger partial charge in [0.1, 0.15) is 0 Å². The molecule has 2 aromatic rings. The highest BCUT2D eigenvalue weighted by atomic mass is 16.5. The molecule has 3 rings (SSSR count). The monoisotopic (exact) mass is 296 g/mol. The Balaban J connectivity index is 1.92. The number of carbonyl (C=O) groups is 2. The molecule has 22 heavy (non-hydrogen) atoms. The van der Waals surface area contributed by atoms with Crippen molar-refractivity contribution in [2.45, 2.75) is 0 Å². The number of rotatable bonds is 3. The van der Waals surface area contributed by atoms with Gasteiger partial charge in [0.2, 0.25) is 0 Å². The van der Waals surface area contributed by atoms with E-state index in [1.54, 1.807) is 42.5 Å². The van der Waals surface area contributed by atoms with E-state index < -0.39 is 11.8 Å². The van der Waals surface area contributed by atoms with Crippen LogP contribution in [0.4, 0.5) is 0 Å². The lowest BCUT2D eigenvalue weighted by Crippen LogP contribution is -2.24. The molecule has 0 fully saturated rings. The Morgan fingerprint density at radius 3 is 2.27 bits per heavy atom. The molecule has 0 aromatic heterocycles. The summed E-state index contributed by atoms with van der Waals surface area (Å²) in [6.45, 7) is 0. The third-order valence-corrected chi connectivity index (χ3v) is 3.34. The van der Waals surface area contributed by atoms with Crippen LogP contribution < -0.4 is 4.74 Å². The summed E-state index contributed by atoms with van der Waals surface area (Å²) in [7, 11) is 1.43. The number of nitrogens with zero attached hydrogens (tertiary/aromatic N) is 2. The first-order chi connectivity index (χ1) is 10.6. The van der Waals surface area contributed by atoms with Crippen LogP contribution in [0.3, 0.4) is 0 Å². The lowest BCUT2D eigenvalue weighted by molar-refractivity contribution is 0.0660. The van der Waals surface area contributed by atoms with Crippen LogP contribution in [0.5, 0.6) is 11.5 Å². The molecule has 0 unspecified atom stereocenters. The number of benzene rings is 2. The Bertz CT molecular complexity index is 763. The van der Waals surface area contributed by atoms with Crippen molar-refractivity contribution in [1.82, 2.24) is 5.01 Å². The highest BCUT2D eigenvalue weighted by Gasteiger charge is 2.35. The maximum absolute atomic E-state index is 12.1. The Morgan fingerprint density at radius 1 is 1.05 bits per heavy atom. The minimum atomic E-state index is -0.487. The first-order valence-electron chi connectivity index (χ1n) is 6.51. The molecule has 1 aliphatic rings. The molecule has 6 heteroatoms. The Kier molecular flexibility index (Phi) is 3.34. The van der Waals surface area contributed by atoms with Gasteiger partial charge in [-0.05, 0) is 24.3 Å². The number of imide groups is 1. The van der Waals surface area contributed by atoms with Crippen molar-refractivity contribution < 1.29 is 19.4 Å². The molecule has 0 saturated carbocycles. The number of carbonyl (C=O) groups excluding carboxylic acids is 2. The molecule has 0 radical (unpaired) electrons. The molecule has 110 valence electrons. The van der Waals surface area contributed by atoms with Crippen LogP contribution >= 0.6 is 0 Å². The molecule has 0 spiro atoms. The molecule has 0 aliphatic carbocycles. The first-order valence-corrected chi connectivity index (χ1v) is 6.51. The topological polar surface area (TPSA) is 79.2 Å². The van der Waals surface area contributed by atoms with Gasteiger partial charge < -0.3 is 9.84 Å². The van der Waals surface area contributed by atoms with Crippen LogP contribution in [-0.2, 0) is 0 Å². The van der Waals surface area contributed by atoms with Gasteiger partial charge in [0.15, 0.2) is 11.5 Å². The van der Waals surface area contributed by atoms with Crippen LogP contribution in [-0.4, -0.2) is 35.3 Å². The van der Waals surface area contributed by atoms with E-state index in [1.807, 2.05) is 0 Å². The molecule has 2 aromatic carbocycles. The Hall–Kier alpha value is -3.15. The fraction of sp³-hybridized carbons (Fsp3) is 0.0625. The molecule has 0 bridgehead atoms. The number of hydrazone groups is 1. The van der Waals surface area contributed by atoms with Crippen molar-refractivity contribution in [3.05, 3.63) is 59.2 Å². The standard InChI is InChI=1S/C16H12N2O4/c1-22-13-8-4-5-10(14(13)19)9-17-18-15(20)11-6-2-3-7-12(11)16(18)21/h2-9,19H,1H3. The SMILES string of the molecule is COc1cccc(C=NN2C(=O)c3ccccc3C2=O)c1O. The van der Waals surface area contributed by atoms with Crippen molar-refractivity contribution in [2.24, 2.45) is 5.10 Å². The van der Waals surface area contributed by atoms with E-state index in [1.165, 1.54) is 13.3 Å². The van der Waals surface area contributed by atoms with E-state index in [0.29, 0.717) is 16.7 Å². The fourth-order valence-corrected chi connectivity index (χ4v) is 2.21. The maximum Gasteiger partial charge on any atom is 0.282 e. The molecule has 6 nitrogen and oxygen atoms in total. The molecule has 1 aliphatic heterocycles. The van der Waals surface area contributed by atoms with Gasteiger partial charge in [0, 0.05) is 5.56 Å². The van der Waals surface area contributed by atoms with E-state index in [-0.39, 0.29) is 11.5 Å². The van der Waals surface area contributed by atoms with Crippen LogP contribution in [0.2, 0.25) is 0 Å². The Morgan fingerprint density at radius 2 is 1.68 bits per heavy atom. The molecule has 0 atom stereocenters. The number of hydrogen-bond donors (Lipinski definition) is 1. The number of ether oxygens (including phenoxy) is 1. The molecule has 1 heterocycles. The van der Waals surface area contributed by atoms with Gasteiger partial charge in [-0.3, -0.25) is 9.59 Å². The molecule has 1 N–H and O–H groups in total. The van der Waals surface area contributed by atoms with Gasteiger partial charge in [-0.15, -0.1) is 0 Å². The van der Waals surface area contributed by atoms with Crippen molar-refractivity contribution in [1.29, 1.82) is 0 Å². The van der Waals surface area contributed by atoms with Gasteiger partial charge in [0.05, 0.1) is 24.5 Å². The summed E-state index contributed by atoms with van der Waals surface area (Å²) in [5.74, 6) is -0.796. The number of methoxy groups -OCH3 is 1. The highest BCUT2D eigenvalue weighted by molar-refractivity contribution is 6.21. The summed E-state index contributed by atoms with van der Waals surface area (Å²) in [4.78, 5) is 24.3. The van der Waals surface area contributed by atoms with Crippen LogP contribution in [0.25, 0.3) is 0 Å². The summed E-state index contributed by atoms with van der Waals surface area (Å²) >= 11 is 0. The number of hydrogen-bond acceptors (Lipinski definition) is 5. The maximum atomic E-state index is 12.1. The normalized spacial score (nSPS) is 13.8. The quantitative estimate of drug-likeness (QED) is 0.694. The lowest BCUT2D eigenvalue weighted by atomic mass is 10.1. The number of fused-ring (bicyclic) bond motifs is 1. The zero-order valence-electron chi connectivity index (χ0n) is 11.7. The molecular weight excluding hydrogens is 284 g/mol. The van der Waals surface area contributed by atoms with Crippen LogP contribution in [0.15, 0.2) is 47.6 Å². The first kappa shape index (κ1) is 13.8. The predicted octanol–water partition coefficient (Wildman–Crippen LogP) is 2.03. The zero-order chi connectivity index (χ0) is 15.7. The van der Waals surface area contributed by atoms with E-state index in [9.17, 15) is 14.7 Å². The number of phenolic OH excluding ortho intramolecular Hbond substituents is 1. The number of para-hydroxylation sites is 1. The minimum Gasteiger partial charge on any atom is -0.504 e. The van der Waals surface area contributed by atoms with E-state index in [0.717, 1.165) is 5.01 Å². The summed E-state index contributed by atoms with van der Waals surface area (Å²) in [5, 5.41) is 14.6. The van der Waals surface area contributed by atoms with Gasteiger partial charge in [-0.25, -0.2) is 0 Å². The van der Waals surface area contributed by atoms with Crippen molar-refractivity contribution in [2.75, 3.05) is 7.11 Å². The second-order valence-corrected chi connectivity index (χ2v) is 4.61. The van der Waals surface area contributed by atoms with Crippen LogP contribution in [0, 0.1) is 0 Å². The van der Waals surface area contributed by atoms with Gasteiger partial charge >= 0.3 is 0 Å². The third-order valence-electron chi connectivity index (χ3n) is 3.34. The fourth-order valence-electron chi connectivity index (χ4n) is 2.21. The summed E-state index contributed by atoms with van der Waals surface area (Å²) in [6.07, 6.45) is 1.25. The van der Waals surface area contributed by atoms with E-state index in [2.05, 4.69) is 5.10 Å².